The lowest BCUT2D eigenvalue weighted by Gasteiger charge is -2.18. The van der Waals surface area contributed by atoms with E-state index in [9.17, 15) is 9.59 Å². The normalized spacial score (nSPS) is 11.6. The van der Waals surface area contributed by atoms with E-state index in [0.717, 1.165) is 17.4 Å². The van der Waals surface area contributed by atoms with E-state index in [4.69, 9.17) is 4.74 Å². The van der Waals surface area contributed by atoms with Gasteiger partial charge in [-0.15, -0.1) is 0 Å². The molecule has 3 nitrogen and oxygen atoms in total. The predicted molar refractivity (Wildman–Crippen MR) is 71.4 cm³/mol. The number of ether oxygens (including phenoxy) is 1. The lowest BCUT2D eigenvalue weighted by molar-refractivity contribution is -0.148. The largest absolute Gasteiger partial charge is 0.457 e. The molecule has 96 valence electrons. The molecule has 0 bridgehead atoms. The third-order valence-corrected chi connectivity index (χ3v) is 2.28. The fourth-order valence-electron chi connectivity index (χ4n) is 1.52. The van der Waals surface area contributed by atoms with Crippen LogP contribution in [0.25, 0.3) is 6.08 Å². The molecule has 0 saturated carbocycles. The number of benzene rings is 1. The average Bonchev–Trinajstić information content (AvgIpc) is 2.24. The molecule has 0 spiro atoms. The molecular formula is C15H18O3. The number of carbonyl (C=O) groups is 2. The van der Waals surface area contributed by atoms with Gasteiger partial charge < -0.3 is 4.74 Å². The third kappa shape index (κ3) is 4.17. The third-order valence-electron chi connectivity index (χ3n) is 2.28. The minimum Gasteiger partial charge on any atom is -0.457 e. The van der Waals surface area contributed by atoms with Crippen molar-refractivity contribution in [2.24, 2.45) is 0 Å². The van der Waals surface area contributed by atoms with Crippen LogP contribution in [0, 0.1) is 6.92 Å². The van der Waals surface area contributed by atoms with E-state index < -0.39 is 11.6 Å². The molecule has 0 fully saturated rings. The van der Waals surface area contributed by atoms with Crippen LogP contribution in [-0.2, 0) is 9.53 Å². The van der Waals surface area contributed by atoms with Crippen molar-refractivity contribution < 1.29 is 14.3 Å². The van der Waals surface area contributed by atoms with Crippen LogP contribution in [0.3, 0.4) is 0 Å². The average molecular weight is 246 g/mol. The molecule has 0 aliphatic carbocycles. The predicted octanol–water partition coefficient (Wildman–Crippen LogP) is 3.16. The zero-order valence-corrected chi connectivity index (χ0v) is 11.2. The number of esters is 1. The van der Waals surface area contributed by atoms with Crippen LogP contribution in [0.4, 0.5) is 0 Å². The van der Waals surface area contributed by atoms with Gasteiger partial charge in [-0.25, -0.2) is 4.79 Å². The number of carbonyl (C=O) groups excluding carboxylic acids is 2. The Morgan fingerprint density at radius 3 is 2.50 bits per heavy atom. The molecular weight excluding hydrogens is 228 g/mol. The molecule has 0 amide bonds. The van der Waals surface area contributed by atoms with E-state index >= 15 is 0 Å². The molecule has 0 radical (unpaired) electrons. The highest BCUT2D eigenvalue weighted by Gasteiger charge is 2.14. The monoisotopic (exact) mass is 246 g/mol. The number of aldehydes is 1. The van der Waals surface area contributed by atoms with Crippen molar-refractivity contribution in [3.8, 4) is 0 Å². The van der Waals surface area contributed by atoms with Gasteiger partial charge in [0.2, 0.25) is 0 Å². The van der Waals surface area contributed by atoms with Gasteiger partial charge in [0.05, 0.1) is 0 Å². The molecule has 1 aromatic rings. The van der Waals surface area contributed by atoms with Crippen molar-refractivity contribution in [3.05, 3.63) is 41.0 Å². The number of aryl methyl sites for hydroxylation is 1. The summed E-state index contributed by atoms with van der Waals surface area (Å²) in [5, 5.41) is 0. The summed E-state index contributed by atoms with van der Waals surface area (Å²) in [7, 11) is 0. The van der Waals surface area contributed by atoms with Gasteiger partial charge in [0.25, 0.3) is 0 Å². The minimum absolute atomic E-state index is 0.414. The Balaban J connectivity index is 2.91. The van der Waals surface area contributed by atoms with E-state index in [2.05, 4.69) is 0 Å². The second-order valence-electron chi connectivity index (χ2n) is 5.06. The molecule has 3 heteroatoms. The van der Waals surface area contributed by atoms with Gasteiger partial charge >= 0.3 is 5.97 Å². The number of hydrogen-bond acceptors (Lipinski definition) is 3. The number of hydrogen-bond donors (Lipinski definition) is 0. The van der Waals surface area contributed by atoms with Crippen LogP contribution < -0.4 is 0 Å². The van der Waals surface area contributed by atoms with E-state index in [1.165, 1.54) is 6.08 Å². The van der Waals surface area contributed by atoms with E-state index in [1.54, 1.807) is 12.1 Å². The van der Waals surface area contributed by atoms with Crippen molar-refractivity contribution in [2.45, 2.75) is 33.3 Å². The molecule has 18 heavy (non-hydrogen) atoms. The standard InChI is InChI=1S/C15H18O3/c1-11-6-5-7-12(10-16)13(11)8-9-14(17)18-15(2,3)4/h5-10H,1-4H3/b9-8+. The van der Waals surface area contributed by atoms with Crippen molar-refractivity contribution in [3.63, 3.8) is 0 Å². The van der Waals surface area contributed by atoms with Crippen molar-refractivity contribution >= 4 is 18.3 Å². The SMILES string of the molecule is Cc1cccc(C=O)c1/C=C/C(=O)OC(C)(C)C. The molecule has 0 atom stereocenters. The van der Waals surface area contributed by atoms with E-state index in [0.29, 0.717) is 5.56 Å². The van der Waals surface area contributed by atoms with Gasteiger partial charge in [0.15, 0.2) is 6.29 Å². The summed E-state index contributed by atoms with van der Waals surface area (Å²) in [6.45, 7) is 7.32. The van der Waals surface area contributed by atoms with E-state index in [-0.39, 0.29) is 0 Å². The lowest BCUT2D eigenvalue weighted by atomic mass is 10.0. The first-order chi connectivity index (χ1) is 8.33. The Labute approximate surface area is 107 Å². The Bertz CT molecular complexity index is 479. The molecule has 0 saturated heterocycles. The fraction of sp³-hybridized carbons (Fsp3) is 0.333. The summed E-state index contributed by atoms with van der Waals surface area (Å²) in [5.41, 5.74) is 1.74. The molecule has 1 aromatic carbocycles. The molecule has 0 heterocycles. The summed E-state index contributed by atoms with van der Waals surface area (Å²) in [6, 6.07) is 5.42. The molecule has 0 N–H and O–H groups in total. The van der Waals surface area contributed by atoms with Crippen LogP contribution in [0.2, 0.25) is 0 Å². The van der Waals surface area contributed by atoms with Crippen LogP contribution >= 0.6 is 0 Å². The molecule has 0 aromatic heterocycles. The Morgan fingerprint density at radius 2 is 1.94 bits per heavy atom. The van der Waals surface area contributed by atoms with Crippen LogP contribution in [0.1, 0.15) is 42.3 Å². The Morgan fingerprint density at radius 1 is 1.28 bits per heavy atom. The van der Waals surface area contributed by atoms with Crippen molar-refractivity contribution in [1.29, 1.82) is 0 Å². The smallest absolute Gasteiger partial charge is 0.331 e. The fourth-order valence-corrected chi connectivity index (χ4v) is 1.52. The van der Waals surface area contributed by atoms with Gasteiger partial charge in [-0.1, -0.05) is 18.2 Å². The molecule has 0 aliphatic heterocycles. The van der Waals surface area contributed by atoms with Crippen molar-refractivity contribution in [2.75, 3.05) is 0 Å². The van der Waals surface area contributed by atoms with E-state index in [1.807, 2.05) is 39.8 Å². The highest BCUT2D eigenvalue weighted by Crippen LogP contribution is 2.15. The first-order valence-electron chi connectivity index (χ1n) is 5.79. The Hall–Kier alpha value is -1.90. The second kappa shape index (κ2) is 5.63. The quantitative estimate of drug-likeness (QED) is 0.467. The lowest BCUT2D eigenvalue weighted by Crippen LogP contribution is -2.22. The zero-order chi connectivity index (χ0) is 13.8. The maximum atomic E-state index is 11.5. The minimum atomic E-state index is -0.513. The first-order valence-corrected chi connectivity index (χ1v) is 5.79. The zero-order valence-electron chi connectivity index (χ0n) is 11.2. The number of rotatable bonds is 3. The Kier molecular flexibility index (Phi) is 4.43. The molecule has 0 unspecified atom stereocenters. The molecule has 1 rings (SSSR count). The van der Waals surface area contributed by atoms with Crippen LogP contribution in [-0.4, -0.2) is 17.9 Å². The van der Waals surface area contributed by atoms with Gasteiger partial charge in [-0.3, -0.25) is 4.79 Å². The summed E-state index contributed by atoms with van der Waals surface area (Å²) in [5.74, 6) is -0.414. The molecule has 0 aliphatic rings. The highest BCUT2D eigenvalue weighted by atomic mass is 16.6. The second-order valence-corrected chi connectivity index (χ2v) is 5.06. The van der Waals surface area contributed by atoms with Gasteiger partial charge in [0, 0.05) is 11.6 Å². The van der Waals surface area contributed by atoms with Crippen LogP contribution in [0.5, 0.6) is 0 Å². The van der Waals surface area contributed by atoms with Crippen molar-refractivity contribution in [1.82, 2.24) is 0 Å². The summed E-state index contributed by atoms with van der Waals surface area (Å²) in [4.78, 5) is 22.4. The first kappa shape index (κ1) is 14.2. The summed E-state index contributed by atoms with van der Waals surface area (Å²) >= 11 is 0. The summed E-state index contributed by atoms with van der Waals surface area (Å²) in [6.07, 6.45) is 3.75. The highest BCUT2D eigenvalue weighted by molar-refractivity contribution is 5.90. The maximum absolute atomic E-state index is 11.5. The van der Waals surface area contributed by atoms with Gasteiger partial charge in [0.1, 0.15) is 5.60 Å². The summed E-state index contributed by atoms with van der Waals surface area (Å²) < 4.78 is 5.16. The van der Waals surface area contributed by atoms with Gasteiger partial charge in [-0.2, -0.15) is 0 Å². The van der Waals surface area contributed by atoms with Gasteiger partial charge in [-0.05, 0) is 44.9 Å². The van der Waals surface area contributed by atoms with Crippen LogP contribution in [0.15, 0.2) is 24.3 Å². The topological polar surface area (TPSA) is 43.4 Å². The maximum Gasteiger partial charge on any atom is 0.331 e.